The topological polar surface area (TPSA) is 70.9 Å². The molecule has 1 aromatic carbocycles. The Balaban J connectivity index is 1.90. The number of aromatic amines is 1. The summed E-state index contributed by atoms with van der Waals surface area (Å²) in [6.07, 6.45) is 3.30. The van der Waals surface area contributed by atoms with Gasteiger partial charge in [0.1, 0.15) is 5.69 Å². The summed E-state index contributed by atoms with van der Waals surface area (Å²) in [6.45, 7) is 2.09. The van der Waals surface area contributed by atoms with E-state index in [2.05, 4.69) is 17.2 Å². The standard InChI is InChI=1S/C14H17N3O/c1-14(6-3-7-14)17-13(18)11-8-9-4-2-5-10(15)12(9)16-11/h2,4-5,8,16H,3,6-7,15H2,1H3,(H,17,18). The maximum Gasteiger partial charge on any atom is 0.268 e. The van der Waals surface area contributed by atoms with Gasteiger partial charge in [0.05, 0.1) is 11.2 Å². The van der Waals surface area contributed by atoms with Crippen molar-refractivity contribution in [2.75, 3.05) is 5.73 Å². The predicted octanol–water partition coefficient (Wildman–Crippen LogP) is 2.42. The van der Waals surface area contributed by atoms with Crippen LogP contribution < -0.4 is 11.1 Å². The first-order valence-electron chi connectivity index (χ1n) is 6.27. The molecule has 1 heterocycles. The second-order valence-corrected chi connectivity index (χ2v) is 5.36. The van der Waals surface area contributed by atoms with Crippen LogP contribution >= 0.6 is 0 Å². The van der Waals surface area contributed by atoms with Gasteiger partial charge in [0.25, 0.3) is 5.91 Å². The zero-order valence-electron chi connectivity index (χ0n) is 10.4. The fourth-order valence-electron chi connectivity index (χ4n) is 2.48. The smallest absolute Gasteiger partial charge is 0.268 e. The maximum atomic E-state index is 12.2. The number of nitrogen functional groups attached to an aromatic ring is 1. The molecule has 1 aliphatic rings. The summed E-state index contributed by atoms with van der Waals surface area (Å²) in [5.74, 6) is -0.0483. The third-order valence-electron chi connectivity index (χ3n) is 3.81. The number of rotatable bonds is 2. The number of hydrogen-bond acceptors (Lipinski definition) is 2. The molecule has 3 rings (SSSR count). The fourth-order valence-corrected chi connectivity index (χ4v) is 2.48. The van der Waals surface area contributed by atoms with Crippen molar-refractivity contribution in [2.24, 2.45) is 0 Å². The normalized spacial score (nSPS) is 17.4. The van der Waals surface area contributed by atoms with Crippen molar-refractivity contribution in [1.29, 1.82) is 0 Å². The molecular weight excluding hydrogens is 226 g/mol. The number of amides is 1. The van der Waals surface area contributed by atoms with Gasteiger partial charge in [-0.25, -0.2) is 0 Å². The van der Waals surface area contributed by atoms with Crippen molar-refractivity contribution >= 4 is 22.5 Å². The lowest BCUT2D eigenvalue weighted by Gasteiger charge is -2.38. The molecule has 0 unspecified atom stereocenters. The third-order valence-corrected chi connectivity index (χ3v) is 3.81. The van der Waals surface area contributed by atoms with Gasteiger partial charge in [-0.15, -0.1) is 0 Å². The van der Waals surface area contributed by atoms with Crippen molar-refractivity contribution in [1.82, 2.24) is 10.3 Å². The lowest BCUT2D eigenvalue weighted by Crippen LogP contribution is -2.51. The average Bonchev–Trinajstić information content (AvgIpc) is 2.72. The van der Waals surface area contributed by atoms with Crippen LogP contribution in [0.4, 0.5) is 5.69 Å². The van der Waals surface area contributed by atoms with Crippen molar-refractivity contribution in [3.05, 3.63) is 30.0 Å². The highest BCUT2D eigenvalue weighted by Gasteiger charge is 2.33. The highest BCUT2D eigenvalue weighted by Crippen LogP contribution is 2.31. The second-order valence-electron chi connectivity index (χ2n) is 5.36. The molecular formula is C14H17N3O. The molecule has 0 atom stereocenters. The zero-order valence-corrected chi connectivity index (χ0v) is 10.4. The van der Waals surface area contributed by atoms with Gasteiger partial charge in [0.15, 0.2) is 0 Å². The summed E-state index contributed by atoms with van der Waals surface area (Å²) in [7, 11) is 0. The molecule has 0 saturated heterocycles. The number of para-hydroxylation sites is 1. The monoisotopic (exact) mass is 243 g/mol. The van der Waals surface area contributed by atoms with E-state index in [1.807, 2.05) is 24.3 Å². The van der Waals surface area contributed by atoms with Gasteiger partial charge in [-0.1, -0.05) is 12.1 Å². The number of benzene rings is 1. The largest absolute Gasteiger partial charge is 0.397 e. The summed E-state index contributed by atoms with van der Waals surface area (Å²) >= 11 is 0. The Hall–Kier alpha value is -1.97. The van der Waals surface area contributed by atoms with Gasteiger partial charge >= 0.3 is 0 Å². The van der Waals surface area contributed by atoms with Crippen molar-refractivity contribution in [3.63, 3.8) is 0 Å². The molecule has 1 saturated carbocycles. The molecule has 4 heteroatoms. The van der Waals surface area contributed by atoms with E-state index in [9.17, 15) is 4.79 Å². The Labute approximate surface area is 106 Å². The fraction of sp³-hybridized carbons (Fsp3) is 0.357. The number of hydrogen-bond donors (Lipinski definition) is 3. The quantitative estimate of drug-likeness (QED) is 0.709. The first kappa shape index (κ1) is 11.1. The molecule has 0 bridgehead atoms. The SMILES string of the molecule is CC1(NC(=O)c2cc3cccc(N)c3[nH]2)CCC1. The lowest BCUT2D eigenvalue weighted by molar-refractivity contribution is 0.0846. The molecule has 1 aromatic heterocycles. The van der Waals surface area contributed by atoms with E-state index < -0.39 is 0 Å². The summed E-state index contributed by atoms with van der Waals surface area (Å²) < 4.78 is 0. The molecule has 2 aromatic rings. The first-order valence-corrected chi connectivity index (χ1v) is 6.27. The molecule has 4 N–H and O–H groups in total. The average molecular weight is 243 g/mol. The molecule has 1 amide bonds. The third kappa shape index (κ3) is 1.74. The zero-order chi connectivity index (χ0) is 12.8. The molecule has 1 fully saturated rings. The summed E-state index contributed by atoms with van der Waals surface area (Å²) in [4.78, 5) is 15.2. The van der Waals surface area contributed by atoms with Gasteiger partial charge in [-0.05, 0) is 38.3 Å². The molecule has 0 aliphatic heterocycles. The van der Waals surface area contributed by atoms with E-state index >= 15 is 0 Å². The number of carbonyl (C=O) groups excluding carboxylic acids is 1. The highest BCUT2D eigenvalue weighted by atomic mass is 16.2. The summed E-state index contributed by atoms with van der Waals surface area (Å²) in [5.41, 5.74) is 7.93. The van der Waals surface area contributed by atoms with Gasteiger partial charge in [0, 0.05) is 10.9 Å². The van der Waals surface area contributed by atoms with E-state index in [0.29, 0.717) is 11.4 Å². The second kappa shape index (κ2) is 3.77. The molecule has 18 heavy (non-hydrogen) atoms. The van der Waals surface area contributed by atoms with E-state index in [1.54, 1.807) is 0 Å². The van der Waals surface area contributed by atoms with Crippen molar-refractivity contribution in [2.45, 2.75) is 31.7 Å². The van der Waals surface area contributed by atoms with Gasteiger partial charge in [-0.2, -0.15) is 0 Å². The van der Waals surface area contributed by atoms with Crippen LogP contribution in [-0.4, -0.2) is 16.4 Å². The number of nitrogens with one attached hydrogen (secondary N) is 2. The van der Waals surface area contributed by atoms with Crippen molar-refractivity contribution < 1.29 is 4.79 Å². The van der Waals surface area contributed by atoms with Crippen molar-refractivity contribution in [3.8, 4) is 0 Å². The summed E-state index contributed by atoms with van der Waals surface area (Å²) in [5, 5.41) is 4.05. The van der Waals surface area contributed by atoms with Gasteiger partial charge < -0.3 is 16.0 Å². The van der Waals surface area contributed by atoms with Gasteiger partial charge in [0.2, 0.25) is 0 Å². The first-order chi connectivity index (χ1) is 8.57. The van der Waals surface area contributed by atoms with Crippen LogP contribution in [0.5, 0.6) is 0 Å². The Morgan fingerprint density at radius 1 is 1.44 bits per heavy atom. The molecule has 94 valence electrons. The van der Waals surface area contributed by atoms with Gasteiger partial charge in [-0.3, -0.25) is 4.79 Å². The minimum Gasteiger partial charge on any atom is -0.397 e. The number of fused-ring (bicyclic) bond motifs is 1. The van der Waals surface area contributed by atoms with Crippen LogP contribution in [-0.2, 0) is 0 Å². The molecule has 0 spiro atoms. The molecule has 4 nitrogen and oxygen atoms in total. The Morgan fingerprint density at radius 2 is 2.22 bits per heavy atom. The number of anilines is 1. The Bertz CT molecular complexity index is 611. The number of aromatic nitrogens is 1. The number of carbonyl (C=O) groups is 1. The van der Waals surface area contributed by atoms with E-state index in [4.69, 9.17) is 5.73 Å². The Morgan fingerprint density at radius 3 is 2.83 bits per heavy atom. The molecule has 0 radical (unpaired) electrons. The van der Waals surface area contributed by atoms with Crippen LogP contribution in [0, 0.1) is 0 Å². The van der Waals surface area contributed by atoms with Crippen LogP contribution in [0.3, 0.4) is 0 Å². The van der Waals surface area contributed by atoms with E-state index in [-0.39, 0.29) is 11.4 Å². The maximum absolute atomic E-state index is 12.2. The van der Waals surface area contributed by atoms with Crippen LogP contribution in [0.1, 0.15) is 36.7 Å². The minimum atomic E-state index is -0.0483. The van der Waals surface area contributed by atoms with Crippen LogP contribution in [0.15, 0.2) is 24.3 Å². The minimum absolute atomic E-state index is 0.0279. The Kier molecular flexibility index (Phi) is 2.33. The summed E-state index contributed by atoms with van der Waals surface area (Å²) in [6, 6.07) is 7.52. The predicted molar refractivity (Wildman–Crippen MR) is 72.4 cm³/mol. The van der Waals surface area contributed by atoms with Crippen LogP contribution in [0.25, 0.3) is 10.9 Å². The lowest BCUT2D eigenvalue weighted by atomic mass is 9.78. The van der Waals surface area contributed by atoms with E-state index in [0.717, 1.165) is 23.7 Å². The number of H-pyrrole nitrogens is 1. The number of nitrogens with two attached hydrogens (primary N) is 1. The van der Waals surface area contributed by atoms with E-state index in [1.165, 1.54) is 6.42 Å². The molecule has 1 aliphatic carbocycles. The van der Waals surface area contributed by atoms with Crippen LogP contribution in [0.2, 0.25) is 0 Å². The highest BCUT2D eigenvalue weighted by molar-refractivity contribution is 6.01.